The molecule has 2 aromatic rings. The average molecular weight is 338 g/mol. The lowest BCUT2D eigenvalue weighted by Crippen LogP contribution is -2.34. The summed E-state index contributed by atoms with van der Waals surface area (Å²) >= 11 is 0. The first-order valence-electron chi connectivity index (χ1n) is 9.69. The minimum Gasteiger partial charge on any atom is -0.370 e. The summed E-state index contributed by atoms with van der Waals surface area (Å²) in [4.78, 5) is 12.0. The van der Waals surface area contributed by atoms with E-state index in [4.69, 9.17) is 9.97 Å². The molecule has 1 fully saturated rings. The Morgan fingerprint density at radius 2 is 1.84 bits per heavy atom. The lowest BCUT2D eigenvalue weighted by atomic mass is 10.00. The van der Waals surface area contributed by atoms with Gasteiger partial charge in [-0.05, 0) is 25.2 Å². The monoisotopic (exact) mass is 338 g/mol. The Kier molecular flexibility index (Phi) is 6.26. The molecule has 0 atom stereocenters. The number of aromatic nitrogens is 2. The second-order valence-corrected chi connectivity index (χ2v) is 7.11. The predicted octanol–water partition coefficient (Wildman–Crippen LogP) is 4.98. The van der Waals surface area contributed by atoms with Crippen LogP contribution in [0.15, 0.2) is 36.4 Å². The van der Waals surface area contributed by atoms with Crippen molar-refractivity contribution in [3.8, 4) is 11.3 Å². The van der Waals surface area contributed by atoms with Crippen LogP contribution < -0.4 is 10.2 Å². The Bertz CT molecular complexity index is 648. The second kappa shape index (κ2) is 8.84. The van der Waals surface area contributed by atoms with Gasteiger partial charge in [-0.25, -0.2) is 4.98 Å². The minimum absolute atomic E-state index is 0.806. The molecule has 1 aromatic heterocycles. The summed E-state index contributed by atoms with van der Waals surface area (Å²) in [6.07, 6.45) is 6.10. The van der Waals surface area contributed by atoms with Crippen molar-refractivity contribution in [1.82, 2.24) is 9.97 Å². The molecular formula is C21H30N4. The molecule has 1 saturated heterocycles. The summed E-state index contributed by atoms with van der Waals surface area (Å²) < 4.78 is 0. The van der Waals surface area contributed by atoms with Crippen LogP contribution >= 0.6 is 0 Å². The third kappa shape index (κ3) is 4.94. The van der Waals surface area contributed by atoms with Gasteiger partial charge in [-0.1, -0.05) is 57.0 Å². The summed E-state index contributed by atoms with van der Waals surface area (Å²) in [7, 11) is 0. The molecule has 4 heteroatoms. The maximum absolute atomic E-state index is 4.87. The Hall–Kier alpha value is -2.10. The van der Waals surface area contributed by atoms with Gasteiger partial charge in [-0.3, -0.25) is 0 Å². The molecule has 1 aromatic carbocycles. The molecule has 1 aliphatic rings. The van der Waals surface area contributed by atoms with Gasteiger partial charge < -0.3 is 10.2 Å². The van der Waals surface area contributed by atoms with Gasteiger partial charge in [0.1, 0.15) is 5.82 Å². The third-order valence-corrected chi connectivity index (χ3v) is 4.94. The molecule has 3 rings (SSSR count). The van der Waals surface area contributed by atoms with Crippen LogP contribution in [0.25, 0.3) is 11.3 Å². The minimum atomic E-state index is 0.806. The SMILES string of the molecule is CCCCCNc1cc(-c2ccccc2)nc(N2CCC(C)CC2)n1. The standard InChI is InChI=1S/C21H30N4/c1-3-4-8-13-22-20-16-19(18-9-6-5-7-10-18)23-21(24-20)25-14-11-17(2)12-15-25/h5-7,9-10,16-17H,3-4,8,11-15H2,1-2H3,(H,22,23,24). The Morgan fingerprint density at radius 1 is 1.08 bits per heavy atom. The van der Waals surface area contributed by atoms with E-state index in [0.717, 1.165) is 48.6 Å². The van der Waals surface area contributed by atoms with E-state index >= 15 is 0 Å². The molecule has 2 heterocycles. The van der Waals surface area contributed by atoms with E-state index in [9.17, 15) is 0 Å². The van der Waals surface area contributed by atoms with Gasteiger partial charge >= 0.3 is 0 Å². The molecule has 0 amide bonds. The number of nitrogens with zero attached hydrogens (tertiary/aromatic N) is 3. The van der Waals surface area contributed by atoms with Crippen LogP contribution in [0.3, 0.4) is 0 Å². The van der Waals surface area contributed by atoms with Gasteiger partial charge in [0.05, 0.1) is 5.69 Å². The lowest BCUT2D eigenvalue weighted by molar-refractivity contribution is 0.434. The van der Waals surface area contributed by atoms with Crippen LogP contribution in [0.2, 0.25) is 0 Å². The Morgan fingerprint density at radius 3 is 2.56 bits per heavy atom. The topological polar surface area (TPSA) is 41.1 Å². The highest BCUT2D eigenvalue weighted by Gasteiger charge is 2.19. The fourth-order valence-electron chi connectivity index (χ4n) is 3.22. The van der Waals surface area contributed by atoms with E-state index < -0.39 is 0 Å². The van der Waals surface area contributed by atoms with Crippen molar-refractivity contribution in [2.45, 2.75) is 46.0 Å². The highest BCUT2D eigenvalue weighted by Crippen LogP contribution is 2.25. The van der Waals surface area contributed by atoms with Crippen molar-refractivity contribution in [1.29, 1.82) is 0 Å². The smallest absolute Gasteiger partial charge is 0.227 e. The fourth-order valence-corrected chi connectivity index (χ4v) is 3.22. The van der Waals surface area contributed by atoms with Crippen LogP contribution in [-0.4, -0.2) is 29.6 Å². The van der Waals surface area contributed by atoms with E-state index in [1.165, 1.54) is 32.1 Å². The number of unbranched alkanes of at least 4 members (excludes halogenated alkanes) is 2. The molecule has 134 valence electrons. The van der Waals surface area contributed by atoms with Gasteiger partial charge in [-0.2, -0.15) is 4.98 Å². The molecule has 0 spiro atoms. The summed E-state index contributed by atoms with van der Waals surface area (Å²) in [5.74, 6) is 2.62. The van der Waals surface area contributed by atoms with Gasteiger partial charge in [-0.15, -0.1) is 0 Å². The van der Waals surface area contributed by atoms with Gasteiger partial charge in [0.2, 0.25) is 5.95 Å². The first kappa shape index (κ1) is 17.7. The maximum Gasteiger partial charge on any atom is 0.227 e. The highest BCUT2D eigenvalue weighted by atomic mass is 15.3. The predicted molar refractivity (Wildman–Crippen MR) is 106 cm³/mol. The first-order valence-corrected chi connectivity index (χ1v) is 9.69. The first-order chi connectivity index (χ1) is 12.3. The number of hydrogen-bond donors (Lipinski definition) is 1. The molecule has 0 bridgehead atoms. The quantitative estimate of drug-likeness (QED) is 0.723. The molecule has 0 aliphatic carbocycles. The van der Waals surface area contributed by atoms with E-state index in [2.05, 4.69) is 54.4 Å². The zero-order valence-electron chi connectivity index (χ0n) is 15.5. The van der Waals surface area contributed by atoms with Crippen LogP contribution in [0.5, 0.6) is 0 Å². The van der Waals surface area contributed by atoms with Crippen molar-refractivity contribution >= 4 is 11.8 Å². The Labute approximate surface area is 151 Å². The molecule has 1 aliphatic heterocycles. The van der Waals surface area contributed by atoms with Crippen molar-refractivity contribution in [2.24, 2.45) is 5.92 Å². The van der Waals surface area contributed by atoms with E-state index in [1.54, 1.807) is 0 Å². The average Bonchev–Trinajstić information content (AvgIpc) is 2.66. The number of anilines is 2. The summed E-state index contributed by atoms with van der Waals surface area (Å²) in [6.45, 7) is 7.63. The zero-order valence-corrected chi connectivity index (χ0v) is 15.5. The molecule has 0 radical (unpaired) electrons. The maximum atomic E-state index is 4.87. The van der Waals surface area contributed by atoms with Gasteiger partial charge in [0.25, 0.3) is 0 Å². The fraction of sp³-hybridized carbons (Fsp3) is 0.524. The summed E-state index contributed by atoms with van der Waals surface area (Å²) in [5, 5.41) is 3.50. The highest BCUT2D eigenvalue weighted by molar-refractivity contribution is 5.64. The number of piperidine rings is 1. The molecule has 0 saturated carbocycles. The van der Waals surface area contributed by atoms with Gasteiger partial charge in [0.15, 0.2) is 0 Å². The number of rotatable bonds is 7. The number of benzene rings is 1. The van der Waals surface area contributed by atoms with Crippen molar-refractivity contribution in [2.75, 3.05) is 29.9 Å². The lowest BCUT2D eigenvalue weighted by Gasteiger charge is -2.30. The number of hydrogen-bond acceptors (Lipinski definition) is 4. The van der Waals surface area contributed by atoms with E-state index in [0.29, 0.717) is 0 Å². The Balaban J connectivity index is 1.83. The van der Waals surface area contributed by atoms with Gasteiger partial charge in [0, 0.05) is 31.3 Å². The summed E-state index contributed by atoms with van der Waals surface area (Å²) in [5.41, 5.74) is 2.15. The zero-order chi connectivity index (χ0) is 17.5. The van der Waals surface area contributed by atoms with Crippen LogP contribution in [0.1, 0.15) is 46.0 Å². The number of nitrogens with one attached hydrogen (secondary N) is 1. The largest absolute Gasteiger partial charge is 0.370 e. The third-order valence-electron chi connectivity index (χ3n) is 4.94. The second-order valence-electron chi connectivity index (χ2n) is 7.11. The van der Waals surface area contributed by atoms with E-state index in [1.807, 2.05) is 6.07 Å². The van der Waals surface area contributed by atoms with Crippen molar-refractivity contribution in [3.05, 3.63) is 36.4 Å². The van der Waals surface area contributed by atoms with Crippen LogP contribution in [0, 0.1) is 5.92 Å². The van der Waals surface area contributed by atoms with E-state index in [-0.39, 0.29) is 0 Å². The van der Waals surface area contributed by atoms with Crippen LogP contribution in [-0.2, 0) is 0 Å². The van der Waals surface area contributed by atoms with Crippen LogP contribution in [0.4, 0.5) is 11.8 Å². The molecule has 0 unspecified atom stereocenters. The molecular weight excluding hydrogens is 308 g/mol. The van der Waals surface area contributed by atoms with Crippen molar-refractivity contribution in [3.63, 3.8) is 0 Å². The summed E-state index contributed by atoms with van der Waals surface area (Å²) in [6, 6.07) is 12.5. The van der Waals surface area contributed by atoms with Crippen molar-refractivity contribution < 1.29 is 0 Å². The normalized spacial score (nSPS) is 15.4. The molecule has 4 nitrogen and oxygen atoms in total. The molecule has 1 N–H and O–H groups in total. The molecule has 25 heavy (non-hydrogen) atoms.